The summed E-state index contributed by atoms with van der Waals surface area (Å²) in [6.07, 6.45) is 0. The van der Waals surface area contributed by atoms with Gasteiger partial charge < -0.3 is 10.1 Å². The molecule has 1 aromatic heterocycles. The average molecular weight is 366 g/mol. The van der Waals surface area contributed by atoms with Crippen LogP contribution in [0.15, 0.2) is 39.6 Å². The number of hydrogen-bond acceptors (Lipinski definition) is 4. The van der Waals surface area contributed by atoms with E-state index in [0.717, 1.165) is 5.69 Å². The van der Waals surface area contributed by atoms with Gasteiger partial charge in [0.05, 0.1) is 24.9 Å². The van der Waals surface area contributed by atoms with E-state index in [1.807, 2.05) is 6.92 Å². The van der Waals surface area contributed by atoms with Crippen LogP contribution >= 0.6 is 15.9 Å². The normalized spacial score (nSPS) is 10.3. The second kappa shape index (κ2) is 7.22. The number of nitrogens with zero attached hydrogens (tertiary/aromatic N) is 2. The van der Waals surface area contributed by atoms with Gasteiger partial charge in [-0.3, -0.25) is 9.59 Å². The van der Waals surface area contributed by atoms with Gasteiger partial charge in [0.2, 0.25) is 0 Å². The van der Waals surface area contributed by atoms with E-state index in [-0.39, 0.29) is 11.5 Å². The minimum Gasteiger partial charge on any atom is -0.497 e. The van der Waals surface area contributed by atoms with E-state index in [1.165, 1.54) is 10.7 Å². The lowest BCUT2D eigenvalue weighted by Crippen LogP contribution is -2.32. The molecule has 0 aliphatic rings. The van der Waals surface area contributed by atoms with Crippen molar-refractivity contribution in [3.05, 3.63) is 56.4 Å². The van der Waals surface area contributed by atoms with Crippen molar-refractivity contribution in [1.29, 1.82) is 0 Å². The standard InChI is InChI=1S/C15H16BrN3O3/c1-10-3-6-14(20)19(18-10)8-7-17-15(21)12-9-11(22-2)4-5-13(12)16/h3-6,9H,7-8H2,1-2H3,(H,17,21). The number of ether oxygens (including phenoxy) is 1. The van der Waals surface area contributed by atoms with Crippen LogP contribution in [-0.2, 0) is 6.54 Å². The maximum atomic E-state index is 12.2. The predicted octanol–water partition coefficient (Wildman–Crippen LogP) is 1.75. The van der Waals surface area contributed by atoms with Crippen LogP contribution in [-0.4, -0.2) is 29.3 Å². The maximum absolute atomic E-state index is 12.2. The number of aromatic nitrogens is 2. The second-order valence-electron chi connectivity index (χ2n) is 4.64. The molecule has 0 saturated heterocycles. The molecule has 1 N–H and O–H groups in total. The Bertz CT molecular complexity index is 743. The summed E-state index contributed by atoms with van der Waals surface area (Å²) >= 11 is 3.33. The molecule has 2 rings (SSSR count). The van der Waals surface area contributed by atoms with E-state index < -0.39 is 0 Å². The van der Waals surface area contributed by atoms with Gasteiger partial charge in [0, 0.05) is 17.1 Å². The molecule has 0 radical (unpaired) electrons. The minimum absolute atomic E-state index is 0.192. The summed E-state index contributed by atoms with van der Waals surface area (Å²) in [5.74, 6) is 0.358. The summed E-state index contributed by atoms with van der Waals surface area (Å²) in [4.78, 5) is 23.8. The number of rotatable bonds is 5. The largest absolute Gasteiger partial charge is 0.497 e. The Morgan fingerprint density at radius 2 is 2.14 bits per heavy atom. The molecule has 2 aromatic rings. The highest BCUT2D eigenvalue weighted by atomic mass is 79.9. The number of methoxy groups -OCH3 is 1. The zero-order valence-corrected chi connectivity index (χ0v) is 13.9. The fourth-order valence-electron chi connectivity index (χ4n) is 1.89. The van der Waals surface area contributed by atoms with Crippen molar-refractivity contribution in [3.63, 3.8) is 0 Å². The summed E-state index contributed by atoms with van der Waals surface area (Å²) in [5, 5.41) is 6.87. The van der Waals surface area contributed by atoms with Gasteiger partial charge in [-0.2, -0.15) is 5.10 Å². The molecule has 0 aliphatic carbocycles. The first-order valence-corrected chi connectivity index (χ1v) is 7.47. The highest BCUT2D eigenvalue weighted by molar-refractivity contribution is 9.10. The lowest BCUT2D eigenvalue weighted by atomic mass is 10.2. The van der Waals surface area contributed by atoms with Gasteiger partial charge in [-0.1, -0.05) is 0 Å². The van der Waals surface area contributed by atoms with Crippen LogP contribution in [0.2, 0.25) is 0 Å². The third-order valence-electron chi connectivity index (χ3n) is 3.03. The van der Waals surface area contributed by atoms with E-state index in [1.54, 1.807) is 31.4 Å². The fraction of sp³-hybridized carbons (Fsp3) is 0.267. The number of aryl methyl sites for hydroxylation is 1. The number of nitrogens with one attached hydrogen (secondary N) is 1. The maximum Gasteiger partial charge on any atom is 0.266 e. The van der Waals surface area contributed by atoms with Gasteiger partial charge in [0.25, 0.3) is 11.5 Å². The summed E-state index contributed by atoms with van der Waals surface area (Å²) in [7, 11) is 1.54. The van der Waals surface area contributed by atoms with Gasteiger partial charge in [0.15, 0.2) is 0 Å². The highest BCUT2D eigenvalue weighted by Gasteiger charge is 2.11. The van der Waals surface area contributed by atoms with Gasteiger partial charge in [-0.25, -0.2) is 4.68 Å². The van der Waals surface area contributed by atoms with Crippen LogP contribution in [0.1, 0.15) is 16.1 Å². The zero-order valence-electron chi connectivity index (χ0n) is 12.3. The Morgan fingerprint density at radius 3 is 2.86 bits per heavy atom. The van der Waals surface area contributed by atoms with Crippen molar-refractivity contribution in [2.45, 2.75) is 13.5 Å². The van der Waals surface area contributed by atoms with Crippen LogP contribution in [0.5, 0.6) is 5.75 Å². The average Bonchev–Trinajstić information content (AvgIpc) is 2.51. The Hall–Kier alpha value is -2.15. The number of hydrogen-bond donors (Lipinski definition) is 1. The van der Waals surface area contributed by atoms with Crippen molar-refractivity contribution >= 4 is 21.8 Å². The summed E-state index contributed by atoms with van der Waals surface area (Å²) in [6.45, 7) is 2.43. The van der Waals surface area contributed by atoms with Crippen molar-refractivity contribution in [1.82, 2.24) is 15.1 Å². The van der Waals surface area contributed by atoms with Crippen LogP contribution in [0.3, 0.4) is 0 Å². The van der Waals surface area contributed by atoms with E-state index in [0.29, 0.717) is 28.9 Å². The Kier molecular flexibility index (Phi) is 5.32. The molecular formula is C15H16BrN3O3. The zero-order chi connectivity index (χ0) is 16.1. The Labute approximate surface area is 136 Å². The topological polar surface area (TPSA) is 73.2 Å². The van der Waals surface area contributed by atoms with Gasteiger partial charge in [-0.15, -0.1) is 0 Å². The molecule has 0 aliphatic heterocycles. The third kappa shape index (κ3) is 3.94. The molecule has 0 saturated carbocycles. The minimum atomic E-state index is -0.244. The molecule has 1 aromatic carbocycles. The number of benzene rings is 1. The number of amides is 1. The molecule has 6 nitrogen and oxygen atoms in total. The molecule has 116 valence electrons. The third-order valence-corrected chi connectivity index (χ3v) is 3.72. The van der Waals surface area contributed by atoms with Crippen LogP contribution in [0, 0.1) is 6.92 Å². The Morgan fingerprint density at radius 1 is 1.36 bits per heavy atom. The highest BCUT2D eigenvalue weighted by Crippen LogP contribution is 2.22. The molecule has 0 fully saturated rings. The first-order chi connectivity index (χ1) is 10.5. The molecule has 22 heavy (non-hydrogen) atoms. The van der Waals surface area contributed by atoms with E-state index in [2.05, 4.69) is 26.3 Å². The second-order valence-corrected chi connectivity index (χ2v) is 5.49. The quantitative estimate of drug-likeness (QED) is 0.875. The van der Waals surface area contributed by atoms with Crippen molar-refractivity contribution in [3.8, 4) is 5.75 Å². The molecule has 0 spiro atoms. The van der Waals surface area contributed by atoms with Crippen molar-refractivity contribution in [2.75, 3.05) is 13.7 Å². The first kappa shape index (κ1) is 16.2. The fourth-order valence-corrected chi connectivity index (χ4v) is 2.31. The summed E-state index contributed by atoms with van der Waals surface area (Å²) in [5.41, 5.74) is 1.03. The van der Waals surface area contributed by atoms with Gasteiger partial charge in [0.1, 0.15) is 5.75 Å². The van der Waals surface area contributed by atoms with Crippen molar-refractivity contribution in [2.24, 2.45) is 0 Å². The van der Waals surface area contributed by atoms with E-state index in [9.17, 15) is 9.59 Å². The van der Waals surface area contributed by atoms with Crippen LogP contribution in [0.4, 0.5) is 0 Å². The van der Waals surface area contributed by atoms with Gasteiger partial charge in [-0.05, 0) is 47.1 Å². The molecular weight excluding hydrogens is 350 g/mol. The molecule has 0 unspecified atom stereocenters. The van der Waals surface area contributed by atoms with Crippen LogP contribution < -0.4 is 15.6 Å². The smallest absolute Gasteiger partial charge is 0.266 e. The molecule has 7 heteroatoms. The summed E-state index contributed by atoms with van der Waals surface area (Å²) < 4.78 is 7.11. The van der Waals surface area contributed by atoms with Gasteiger partial charge >= 0.3 is 0 Å². The van der Waals surface area contributed by atoms with E-state index >= 15 is 0 Å². The number of halogens is 1. The molecule has 0 bridgehead atoms. The SMILES string of the molecule is COc1ccc(Br)c(C(=O)NCCn2nc(C)ccc2=O)c1. The predicted molar refractivity (Wildman–Crippen MR) is 86.3 cm³/mol. The lowest BCUT2D eigenvalue weighted by molar-refractivity contribution is 0.0950. The molecule has 0 atom stereocenters. The van der Waals surface area contributed by atoms with E-state index in [4.69, 9.17) is 4.74 Å². The lowest BCUT2D eigenvalue weighted by Gasteiger charge is -2.09. The number of carbonyl (C=O) groups excluding carboxylic acids is 1. The van der Waals surface area contributed by atoms with Crippen LogP contribution in [0.25, 0.3) is 0 Å². The molecule has 1 heterocycles. The molecule has 1 amide bonds. The summed E-state index contributed by atoms with van der Waals surface area (Å²) in [6, 6.07) is 8.28. The van der Waals surface area contributed by atoms with Crippen molar-refractivity contribution < 1.29 is 9.53 Å². The first-order valence-electron chi connectivity index (χ1n) is 6.68. The number of carbonyl (C=O) groups is 1. The monoisotopic (exact) mass is 365 g/mol. The Balaban J connectivity index is 2.01.